The molecule has 7 nitrogen and oxygen atoms in total. The highest BCUT2D eigenvalue weighted by molar-refractivity contribution is 5.90. The molecular weight excluding hydrogens is 320 g/mol. The highest BCUT2D eigenvalue weighted by Crippen LogP contribution is 2.23. The van der Waals surface area contributed by atoms with Gasteiger partial charge in [0, 0.05) is 31.9 Å². The number of benzene rings is 1. The number of likely N-dealkylation sites (tertiary alicyclic amines) is 1. The van der Waals surface area contributed by atoms with Gasteiger partial charge >= 0.3 is 6.03 Å². The molecule has 0 aliphatic carbocycles. The molecule has 2 N–H and O–H groups in total. The van der Waals surface area contributed by atoms with Crippen molar-refractivity contribution in [2.75, 3.05) is 32.1 Å². The summed E-state index contributed by atoms with van der Waals surface area (Å²) in [5.41, 5.74) is 1.06. The van der Waals surface area contributed by atoms with Gasteiger partial charge in [0.15, 0.2) is 0 Å². The number of amides is 3. The van der Waals surface area contributed by atoms with Crippen LogP contribution in [0.3, 0.4) is 0 Å². The maximum atomic E-state index is 12.6. The Morgan fingerprint density at radius 3 is 2.92 bits per heavy atom. The summed E-state index contributed by atoms with van der Waals surface area (Å²) in [7, 11) is 1.59. The Balaban J connectivity index is 1.97. The molecule has 1 heterocycles. The van der Waals surface area contributed by atoms with Crippen LogP contribution in [0.5, 0.6) is 0 Å². The number of nitriles is 1. The highest BCUT2D eigenvalue weighted by atomic mass is 16.5. The van der Waals surface area contributed by atoms with Gasteiger partial charge in [-0.3, -0.25) is 4.79 Å². The standard InChI is InChI=1S/C18H24N4O3/c1-13-6-7-15(17(23)20-8-9-25-2)12-22(13)18(24)21-16-5-3-4-14(10-16)11-19/h3-5,10,13,15H,6-9,12H2,1-2H3,(H,20,23)(H,21,24)/t13-,15+/m0/s1. The Kier molecular flexibility index (Phi) is 6.78. The summed E-state index contributed by atoms with van der Waals surface area (Å²) in [5, 5.41) is 14.6. The van der Waals surface area contributed by atoms with E-state index in [0.717, 1.165) is 12.8 Å². The number of nitrogens with one attached hydrogen (secondary N) is 2. The lowest BCUT2D eigenvalue weighted by Crippen LogP contribution is -2.51. The molecule has 0 unspecified atom stereocenters. The third kappa shape index (κ3) is 5.19. The van der Waals surface area contributed by atoms with Crippen LogP contribution in [0, 0.1) is 17.2 Å². The Labute approximate surface area is 147 Å². The zero-order valence-electron chi connectivity index (χ0n) is 14.6. The average molecular weight is 344 g/mol. The summed E-state index contributed by atoms with van der Waals surface area (Å²) in [6, 6.07) is 8.62. The lowest BCUT2D eigenvalue weighted by molar-refractivity contribution is -0.126. The van der Waals surface area contributed by atoms with E-state index >= 15 is 0 Å². The minimum Gasteiger partial charge on any atom is -0.383 e. The van der Waals surface area contributed by atoms with E-state index < -0.39 is 0 Å². The van der Waals surface area contributed by atoms with Crippen molar-refractivity contribution in [2.45, 2.75) is 25.8 Å². The third-order valence-corrected chi connectivity index (χ3v) is 4.36. The topological polar surface area (TPSA) is 94.5 Å². The first-order chi connectivity index (χ1) is 12.0. The molecule has 2 atom stereocenters. The van der Waals surface area contributed by atoms with Crippen molar-refractivity contribution in [2.24, 2.45) is 5.92 Å². The SMILES string of the molecule is COCCNC(=O)[C@@H]1CC[C@H](C)N(C(=O)Nc2cccc(C#N)c2)C1. The van der Waals surface area contributed by atoms with Gasteiger partial charge in [-0.05, 0) is 38.0 Å². The van der Waals surface area contributed by atoms with Crippen molar-refractivity contribution in [3.63, 3.8) is 0 Å². The molecule has 1 aromatic rings. The first kappa shape index (κ1) is 18.7. The summed E-state index contributed by atoms with van der Waals surface area (Å²) >= 11 is 0. The van der Waals surface area contributed by atoms with Crippen molar-refractivity contribution in [1.29, 1.82) is 5.26 Å². The van der Waals surface area contributed by atoms with Crippen LogP contribution < -0.4 is 10.6 Å². The largest absolute Gasteiger partial charge is 0.383 e. The van der Waals surface area contributed by atoms with Crippen LogP contribution in [0.1, 0.15) is 25.3 Å². The summed E-state index contributed by atoms with van der Waals surface area (Å²) in [6.07, 6.45) is 1.53. The summed E-state index contributed by atoms with van der Waals surface area (Å²) in [5.74, 6) is -0.266. The van der Waals surface area contributed by atoms with E-state index in [2.05, 4.69) is 10.6 Å². The van der Waals surface area contributed by atoms with Gasteiger partial charge in [0.1, 0.15) is 0 Å². The van der Waals surface area contributed by atoms with Crippen LogP contribution in [0.2, 0.25) is 0 Å². The predicted octanol–water partition coefficient (Wildman–Crippen LogP) is 1.95. The highest BCUT2D eigenvalue weighted by Gasteiger charge is 2.32. The van der Waals surface area contributed by atoms with Crippen molar-refractivity contribution in [3.8, 4) is 6.07 Å². The number of carbonyl (C=O) groups excluding carboxylic acids is 2. The normalized spacial score (nSPS) is 19.8. The Hall–Kier alpha value is -2.59. The number of carbonyl (C=O) groups is 2. The zero-order chi connectivity index (χ0) is 18.2. The molecule has 1 fully saturated rings. The van der Waals surface area contributed by atoms with Crippen LogP contribution in [0.25, 0.3) is 0 Å². The van der Waals surface area contributed by atoms with Gasteiger partial charge in [0.2, 0.25) is 5.91 Å². The number of hydrogen-bond donors (Lipinski definition) is 2. The van der Waals surface area contributed by atoms with E-state index in [4.69, 9.17) is 10.00 Å². The van der Waals surface area contributed by atoms with Gasteiger partial charge in [-0.15, -0.1) is 0 Å². The van der Waals surface area contributed by atoms with E-state index in [9.17, 15) is 9.59 Å². The van der Waals surface area contributed by atoms with Crippen molar-refractivity contribution in [3.05, 3.63) is 29.8 Å². The molecule has 0 bridgehead atoms. The molecule has 3 amide bonds. The Morgan fingerprint density at radius 2 is 2.20 bits per heavy atom. The number of methoxy groups -OCH3 is 1. The van der Waals surface area contributed by atoms with Crippen molar-refractivity contribution in [1.82, 2.24) is 10.2 Å². The second-order valence-corrected chi connectivity index (χ2v) is 6.18. The summed E-state index contributed by atoms with van der Waals surface area (Å²) < 4.78 is 4.93. The monoisotopic (exact) mass is 344 g/mol. The molecule has 1 aliphatic heterocycles. The van der Waals surface area contributed by atoms with Gasteiger partial charge in [0.25, 0.3) is 0 Å². The van der Waals surface area contributed by atoms with Crippen LogP contribution >= 0.6 is 0 Å². The van der Waals surface area contributed by atoms with Crippen LogP contribution in [0.15, 0.2) is 24.3 Å². The number of hydrogen-bond acceptors (Lipinski definition) is 4. The first-order valence-electron chi connectivity index (χ1n) is 8.39. The van der Waals surface area contributed by atoms with Crippen molar-refractivity contribution < 1.29 is 14.3 Å². The van der Waals surface area contributed by atoms with Gasteiger partial charge in [0.05, 0.1) is 24.2 Å². The molecule has 1 aliphatic rings. The summed E-state index contributed by atoms with van der Waals surface area (Å²) in [6.45, 7) is 3.29. The van der Waals surface area contributed by atoms with Crippen LogP contribution in [0.4, 0.5) is 10.5 Å². The fourth-order valence-corrected chi connectivity index (χ4v) is 2.89. The maximum Gasteiger partial charge on any atom is 0.322 e. The van der Waals surface area contributed by atoms with E-state index in [1.807, 2.05) is 13.0 Å². The molecule has 25 heavy (non-hydrogen) atoms. The maximum absolute atomic E-state index is 12.6. The predicted molar refractivity (Wildman–Crippen MR) is 94.0 cm³/mol. The smallest absolute Gasteiger partial charge is 0.322 e. The Morgan fingerprint density at radius 1 is 1.40 bits per heavy atom. The quantitative estimate of drug-likeness (QED) is 0.798. The van der Waals surface area contributed by atoms with E-state index in [0.29, 0.717) is 30.9 Å². The van der Waals surface area contributed by atoms with Gasteiger partial charge < -0.3 is 20.3 Å². The Bertz CT molecular complexity index is 656. The molecule has 0 spiro atoms. The van der Waals surface area contributed by atoms with Gasteiger partial charge in [-0.25, -0.2) is 4.79 Å². The third-order valence-electron chi connectivity index (χ3n) is 4.36. The average Bonchev–Trinajstić information content (AvgIpc) is 2.62. The molecule has 1 aromatic carbocycles. The molecule has 2 rings (SSSR count). The van der Waals surface area contributed by atoms with E-state index in [-0.39, 0.29) is 23.9 Å². The molecule has 1 saturated heterocycles. The lowest BCUT2D eigenvalue weighted by atomic mass is 9.93. The molecular formula is C18H24N4O3. The number of urea groups is 1. The number of piperidine rings is 1. The van der Waals surface area contributed by atoms with E-state index in [1.54, 1.807) is 36.3 Å². The fourth-order valence-electron chi connectivity index (χ4n) is 2.89. The van der Waals surface area contributed by atoms with Gasteiger partial charge in [-0.2, -0.15) is 5.26 Å². The fraction of sp³-hybridized carbons (Fsp3) is 0.500. The van der Waals surface area contributed by atoms with Crippen molar-refractivity contribution >= 4 is 17.6 Å². The number of anilines is 1. The summed E-state index contributed by atoms with van der Waals surface area (Å²) in [4.78, 5) is 26.5. The molecule has 0 aromatic heterocycles. The van der Waals surface area contributed by atoms with Gasteiger partial charge in [-0.1, -0.05) is 6.07 Å². The minimum absolute atomic E-state index is 0.0479. The number of ether oxygens (including phenoxy) is 1. The van der Waals surface area contributed by atoms with Crippen LogP contribution in [-0.2, 0) is 9.53 Å². The second-order valence-electron chi connectivity index (χ2n) is 6.18. The molecule has 0 radical (unpaired) electrons. The van der Waals surface area contributed by atoms with Crippen LogP contribution in [-0.4, -0.2) is 49.7 Å². The van der Waals surface area contributed by atoms with E-state index in [1.165, 1.54) is 0 Å². The second kappa shape index (κ2) is 9.04. The number of rotatable bonds is 5. The lowest BCUT2D eigenvalue weighted by Gasteiger charge is -2.37. The number of nitrogens with zero attached hydrogens (tertiary/aromatic N) is 2. The first-order valence-corrected chi connectivity index (χ1v) is 8.39. The molecule has 7 heteroatoms. The molecule has 0 saturated carbocycles. The minimum atomic E-state index is -0.253. The zero-order valence-corrected chi connectivity index (χ0v) is 14.6. The molecule has 134 valence electrons.